The average molecular weight is 652 g/mol. The molecule has 0 saturated heterocycles. The van der Waals surface area contributed by atoms with Crippen molar-refractivity contribution < 1.29 is 28.7 Å². The van der Waals surface area contributed by atoms with Crippen molar-refractivity contribution in [3.63, 3.8) is 0 Å². The molecule has 0 aliphatic rings. The number of hydrogen-bond donors (Lipinski definition) is 3. The molecule has 1 unspecified atom stereocenters. The summed E-state index contributed by atoms with van der Waals surface area (Å²) in [5.41, 5.74) is 2.56. The van der Waals surface area contributed by atoms with Gasteiger partial charge in [-0.2, -0.15) is 0 Å². The number of esters is 1. The summed E-state index contributed by atoms with van der Waals surface area (Å²) >= 11 is 1.35. The number of carbonyl (C=O) groups is 4. The van der Waals surface area contributed by atoms with Crippen molar-refractivity contribution in [1.82, 2.24) is 5.32 Å². The molecule has 10 heteroatoms. The Kier molecular flexibility index (Phi) is 12.8. The SMILES string of the molecule is CCCCOC(=O)c1ccc(NC(=O)C(C)Sc2ccc(NC(=O)/C(=C/c3ccccc3OC)NC(=O)c3ccccc3)cc2)cc1. The number of methoxy groups -OCH3 is 1. The predicted octanol–water partition coefficient (Wildman–Crippen LogP) is 7.18. The fourth-order valence-electron chi connectivity index (χ4n) is 4.28. The summed E-state index contributed by atoms with van der Waals surface area (Å²) in [6.07, 6.45) is 3.31. The Balaban J connectivity index is 1.37. The minimum atomic E-state index is -0.520. The molecule has 242 valence electrons. The monoisotopic (exact) mass is 651 g/mol. The van der Waals surface area contributed by atoms with Gasteiger partial charge in [-0.3, -0.25) is 14.4 Å². The lowest BCUT2D eigenvalue weighted by molar-refractivity contribution is -0.115. The Labute approximate surface area is 278 Å². The van der Waals surface area contributed by atoms with E-state index in [1.807, 2.05) is 19.1 Å². The van der Waals surface area contributed by atoms with Crippen LogP contribution in [0.25, 0.3) is 6.08 Å². The lowest BCUT2D eigenvalue weighted by Gasteiger charge is -2.14. The third-order valence-electron chi connectivity index (χ3n) is 6.88. The van der Waals surface area contributed by atoms with E-state index in [1.165, 1.54) is 18.9 Å². The molecule has 4 rings (SSSR count). The number of unbranched alkanes of at least 4 members (excludes halogenated alkanes) is 1. The lowest BCUT2D eigenvalue weighted by Crippen LogP contribution is -2.30. The second kappa shape index (κ2) is 17.4. The van der Waals surface area contributed by atoms with E-state index in [-0.39, 0.29) is 17.6 Å². The highest BCUT2D eigenvalue weighted by atomic mass is 32.2. The molecule has 9 nitrogen and oxygen atoms in total. The van der Waals surface area contributed by atoms with Crippen LogP contribution < -0.4 is 20.7 Å². The summed E-state index contributed by atoms with van der Waals surface area (Å²) in [5.74, 6) is -0.993. The van der Waals surface area contributed by atoms with Crippen LogP contribution in [0.3, 0.4) is 0 Å². The van der Waals surface area contributed by atoms with Crippen molar-refractivity contribution in [1.29, 1.82) is 0 Å². The van der Waals surface area contributed by atoms with Gasteiger partial charge in [0, 0.05) is 27.4 Å². The zero-order valence-corrected chi connectivity index (χ0v) is 27.3. The van der Waals surface area contributed by atoms with Gasteiger partial charge in [0.25, 0.3) is 11.8 Å². The Morgan fingerprint density at radius 1 is 0.787 bits per heavy atom. The highest BCUT2D eigenvalue weighted by Gasteiger charge is 2.18. The highest BCUT2D eigenvalue weighted by molar-refractivity contribution is 8.00. The fraction of sp³-hybridized carbons (Fsp3) is 0.189. The molecular formula is C37H37N3O6S. The number of benzene rings is 4. The van der Waals surface area contributed by atoms with Gasteiger partial charge in [-0.05, 0) is 86.2 Å². The number of nitrogens with one attached hydrogen (secondary N) is 3. The number of ether oxygens (including phenoxy) is 2. The first-order chi connectivity index (χ1) is 22.8. The average Bonchev–Trinajstić information content (AvgIpc) is 3.09. The maximum absolute atomic E-state index is 13.4. The standard InChI is InChI=1S/C37H37N3O6S/c1-4-5-23-46-37(44)27-15-17-29(18-16-27)38-34(41)25(2)47-31-21-19-30(20-22-31)39-36(43)32(24-28-13-9-10-14-33(28)45-3)40-35(42)26-11-7-6-8-12-26/h6-22,24-25H,4-5,23H2,1-3H3,(H,38,41)(H,39,43)(H,40,42)/b32-24-. The van der Waals surface area contributed by atoms with Gasteiger partial charge in [0.15, 0.2) is 0 Å². The van der Waals surface area contributed by atoms with Gasteiger partial charge in [-0.1, -0.05) is 49.7 Å². The second-order valence-electron chi connectivity index (χ2n) is 10.4. The van der Waals surface area contributed by atoms with Crippen molar-refractivity contribution in [3.8, 4) is 5.75 Å². The van der Waals surface area contributed by atoms with Crippen LogP contribution in [0.5, 0.6) is 5.75 Å². The number of anilines is 2. The van der Waals surface area contributed by atoms with Gasteiger partial charge in [0.05, 0.1) is 24.5 Å². The molecule has 0 aliphatic carbocycles. The van der Waals surface area contributed by atoms with E-state index in [9.17, 15) is 19.2 Å². The summed E-state index contributed by atoms with van der Waals surface area (Å²) in [5, 5.41) is 7.99. The van der Waals surface area contributed by atoms with Crippen LogP contribution in [-0.2, 0) is 14.3 Å². The molecule has 47 heavy (non-hydrogen) atoms. The fourth-order valence-corrected chi connectivity index (χ4v) is 5.15. The van der Waals surface area contributed by atoms with Crippen LogP contribution in [0.1, 0.15) is 53.0 Å². The van der Waals surface area contributed by atoms with Gasteiger partial charge in [-0.15, -0.1) is 11.8 Å². The third kappa shape index (κ3) is 10.3. The van der Waals surface area contributed by atoms with E-state index in [4.69, 9.17) is 9.47 Å². The first kappa shape index (κ1) is 34.5. The van der Waals surface area contributed by atoms with Gasteiger partial charge in [0.2, 0.25) is 5.91 Å². The Bertz CT molecular complexity index is 1710. The molecule has 4 aromatic rings. The number of hydrogen-bond acceptors (Lipinski definition) is 7. The van der Waals surface area contributed by atoms with Crippen LogP contribution in [0.15, 0.2) is 114 Å². The number of carbonyl (C=O) groups excluding carboxylic acids is 4. The van der Waals surface area contributed by atoms with Gasteiger partial charge < -0.3 is 25.4 Å². The summed E-state index contributed by atoms with van der Waals surface area (Å²) in [4.78, 5) is 52.1. The molecule has 0 radical (unpaired) electrons. The molecule has 3 N–H and O–H groups in total. The smallest absolute Gasteiger partial charge is 0.338 e. The van der Waals surface area contributed by atoms with Crippen molar-refractivity contribution in [2.75, 3.05) is 24.4 Å². The van der Waals surface area contributed by atoms with Crippen molar-refractivity contribution >= 4 is 52.9 Å². The molecule has 0 spiro atoms. The molecule has 0 bridgehead atoms. The molecule has 0 saturated carbocycles. The van der Waals surface area contributed by atoms with Crippen molar-refractivity contribution in [2.45, 2.75) is 36.8 Å². The normalized spacial score (nSPS) is 11.6. The predicted molar refractivity (Wildman–Crippen MR) is 186 cm³/mol. The minimum Gasteiger partial charge on any atom is -0.496 e. The zero-order chi connectivity index (χ0) is 33.6. The Morgan fingerprint density at radius 2 is 1.43 bits per heavy atom. The zero-order valence-electron chi connectivity index (χ0n) is 26.4. The van der Waals surface area contributed by atoms with Crippen LogP contribution >= 0.6 is 11.8 Å². The number of para-hydroxylation sites is 1. The van der Waals surface area contributed by atoms with E-state index in [2.05, 4.69) is 16.0 Å². The van der Waals surface area contributed by atoms with E-state index in [0.717, 1.165) is 17.7 Å². The first-order valence-electron chi connectivity index (χ1n) is 15.1. The van der Waals surface area contributed by atoms with Crippen LogP contribution in [0.2, 0.25) is 0 Å². The molecule has 0 aliphatic heterocycles. The van der Waals surface area contributed by atoms with Gasteiger partial charge >= 0.3 is 5.97 Å². The maximum atomic E-state index is 13.4. The largest absolute Gasteiger partial charge is 0.496 e. The molecule has 0 aromatic heterocycles. The van der Waals surface area contributed by atoms with E-state index >= 15 is 0 Å². The van der Waals surface area contributed by atoms with Crippen LogP contribution in [-0.4, -0.2) is 42.7 Å². The molecule has 4 aromatic carbocycles. The van der Waals surface area contributed by atoms with Crippen molar-refractivity contribution in [2.24, 2.45) is 0 Å². The summed E-state index contributed by atoms with van der Waals surface area (Å²) < 4.78 is 10.6. The van der Waals surface area contributed by atoms with Gasteiger partial charge in [0.1, 0.15) is 11.4 Å². The number of rotatable bonds is 14. The van der Waals surface area contributed by atoms with Crippen LogP contribution in [0, 0.1) is 0 Å². The highest BCUT2D eigenvalue weighted by Crippen LogP contribution is 2.26. The molecular weight excluding hydrogens is 614 g/mol. The van der Waals surface area contributed by atoms with Gasteiger partial charge in [-0.25, -0.2) is 4.79 Å². The molecule has 0 heterocycles. The lowest BCUT2D eigenvalue weighted by atomic mass is 10.1. The minimum absolute atomic E-state index is 0.0357. The summed E-state index contributed by atoms with van der Waals surface area (Å²) in [7, 11) is 1.53. The van der Waals surface area contributed by atoms with Crippen LogP contribution in [0.4, 0.5) is 11.4 Å². The Hall–Kier alpha value is -5.35. The molecule has 1 atom stereocenters. The molecule has 3 amide bonds. The quantitative estimate of drug-likeness (QED) is 0.0571. The molecule has 0 fully saturated rings. The topological polar surface area (TPSA) is 123 Å². The van der Waals surface area contributed by atoms with E-state index < -0.39 is 17.1 Å². The Morgan fingerprint density at radius 3 is 2.11 bits per heavy atom. The van der Waals surface area contributed by atoms with E-state index in [0.29, 0.717) is 40.4 Å². The summed E-state index contributed by atoms with van der Waals surface area (Å²) in [6.45, 7) is 4.20. The second-order valence-corrected chi connectivity index (χ2v) is 11.8. The number of amides is 3. The maximum Gasteiger partial charge on any atom is 0.338 e. The third-order valence-corrected chi connectivity index (χ3v) is 7.99. The number of thioether (sulfide) groups is 1. The summed E-state index contributed by atoms with van der Waals surface area (Å²) in [6, 6.07) is 29.4. The van der Waals surface area contributed by atoms with E-state index in [1.54, 1.807) is 104 Å². The van der Waals surface area contributed by atoms with Crippen molar-refractivity contribution in [3.05, 3.63) is 126 Å². The first-order valence-corrected chi connectivity index (χ1v) is 16.0.